The maximum Gasteiger partial charge on any atom is 0.242 e. The molecule has 4 aliphatic carbocycles. The van der Waals surface area contributed by atoms with Crippen molar-refractivity contribution in [3.63, 3.8) is 0 Å². The lowest BCUT2D eigenvalue weighted by molar-refractivity contribution is 0.495. The maximum absolute atomic E-state index is 13.2. The zero-order valence-electron chi connectivity index (χ0n) is 16.3. The van der Waals surface area contributed by atoms with E-state index in [2.05, 4.69) is 33.7 Å². The number of rotatable bonds is 6. The molecule has 5 rings (SSSR count). The average Bonchev–Trinajstić information content (AvgIpc) is 3.42. The third-order valence-corrected chi connectivity index (χ3v) is 10.1. The lowest BCUT2D eigenvalue weighted by Gasteiger charge is -2.23. The number of sulfonamides is 2. The molecule has 0 heterocycles. The predicted octanol–water partition coefficient (Wildman–Crippen LogP) is 2.48. The van der Waals surface area contributed by atoms with E-state index in [4.69, 9.17) is 0 Å². The summed E-state index contributed by atoms with van der Waals surface area (Å²) in [7, 11) is -7.92. The zero-order valence-corrected chi connectivity index (χ0v) is 17.9. The van der Waals surface area contributed by atoms with Crippen LogP contribution in [0.2, 0.25) is 0 Å². The Bertz CT molecular complexity index is 1110. The Labute approximate surface area is 172 Å². The molecule has 1 aromatic carbocycles. The molecule has 0 spiro atoms. The Morgan fingerprint density at radius 2 is 1.24 bits per heavy atom. The van der Waals surface area contributed by atoms with Gasteiger partial charge < -0.3 is 0 Å². The van der Waals surface area contributed by atoms with Crippen LogP contribution in [-0.4, -0.2) is 28.9 Å². The van der Waals surface area contributed by atoms with Gasteiger partial charge in [0.25, 0.3) is 0 Å². The van der Waals surface area contributed by atoms with Gasteiger partial charge >= 0.3 is 0 Å². The molecule has 2 fully saturated rings. The van der Waals surface area contributed by atoms with Gasteiger partial charge in [0.15, 0.2) is 0 Å². The van der Waals surface area contributed by atoms with E-state index in [1.807, 2.05) is 0 Å². The van der Waals surface area contributed by atoms with E-state index in [0.717, 1.165) is 25.7 Å². The molecule has 1 aromatic rings. The van der Waals surface area contributed by atoms with Gasteiger partial charge in [0.1, 0.15) is 9.79 Å². The summed E-state index contributed by atoms with van der Waals surface area (Å²) in [6.45, 7) is 1.77. The molecule has 0 amide bonds. The highest BCUT2D eigenvalue weighted by molar-refractivity contribution is 7.92. The fourth-order valence-corrected chi connectivity index (χ4v) is 8.90. The molecule has 2 saturated carbocycles. The fraction of sp³-hybridized carbons (Fsp3) is 0.524. The van der Waals surface area contributed by atoms with Crippen molar-refractivity contribution in [1.82, 2.24) is 9.44 Å². The number of nitrogens with one attached hydrogen (secondary N) is 2. The fourth-order valence-electron chi connectivity index (χ4n) is 5.41. The lowest BCUT2D eigenvalue weighted by Crippen LogP contribution is -2.40. The van der Waals surface area contributed by atoms with E-state index < -0.39 is 20.0 Å². The van der Waals surface area contributed by atoms with Crippen molar-refractivity contribution in [2.45, 2.75) is 54.5 Å². The first kappa shape index (κ1) is 19.5. The molecule has 6 atom stereocenters. The second-order valence-electron chi connectivity index (χ2n) is 8.97. The number of fused-ring (bicyclic) bond motifs is 4. The van der Waals surface area contributed by atoms with Crippen LogP contribution in [0, 0.1) is 30.6 Å². The number of benzene rings is 1. The molecule has 0 unspecified atom stereocenters. The third-order valence-electron chi connectivity index (χ3n) is 6.85. The predicted molar refractivity (Wildman–Crippen MR) is 110 cm³/mol. The van der Waals surface area contributed by atoms with Gasteiger partial charge in [0.2, 0.25) is 20.0 Å². The second-order valence-corrected chi connectivity index (χ2v) is 12.3. The van der Waals surface area contributed by atoms with Crippen molar-refractivity contribution in [3.05, 3.63) is 48.1 Å². The van der Waals surface area contributed by atoms with Crippen molar-refractivity contribution in [2.24, 2.45) is 23.7 Å². The molecular weight excluding hydrogens is 408 g/mol. The molecule has 4 bridgehead atoms. The van der Waals surface area contributed by atoms with Crippen molar-refractivity contribution in [3.8, 4) is 0 Å². The van der Waals surface area contributed by atoms with Crippen LogP contribution in [0.3, 0.4) is 0 Å². The molecule has 6 nitrogen and oxygen atoms in total. The van der Waals surface area contributed by atoms with E-state index in [1.54, 1.807) is 13.0 Å². The molecule has 156 valence electrons. The summed E-state index contributed by atoms with van der Waals surface area (Å²) >= 11 is 0. The number of allylic oxidation sites excluding steroid dienone is 2. The van der Waals surface area contributed by atoms with E-state index in [-0.39, 0.29) is 33.7 Å². The smallest absolute Gasteiger partial charge is 0.207 e. The monoisotopic (exact) mass is 434 g/mol. The van der Waals surface area contributed by atoms with Crippen molar-refractivity contribution in [1.29, 1.82) is 0 Å². The first-order valence-electron chi connectivity index (χ1n) is 10.2. The van der Waals surface area contributed by atoms with Crippen LogP contribution in [-0.2, 0) is 20.0 Å². The van der Waals surface area contributed by atoms with Gasteiger partial charge in [-0.15, -0.1) is 0 Å². The highest BCUT2D eigenvalue weighted by atomic mass is 32.2. The first-order chi connectivity index (χ1) is 13.7. The minimum Gasteiger partial charge on any atom is -0.207 e. The van der Waals surface area contributed by atoms with Crippen LogP contribution in [0.5, 0.6) is 0 Å². The van der Waals surface area contributed by atoms with Crippen LogP contribution in [0.25, 0.3) is 0 Å². The van der Waals surface area contributed by atoms with Crippen molar-refractivity contribution in [2.75, 3.05) is 0 Å². The number of aryl methyl sites for hydroxylation is 1. The summed E-state index contributed by atoms with van der Waals surface area (Å²) in [5.74, 6) is 1.22. The quantitative estimate of drug-likeness (QED) is 0.673. The Kier molecular flexibility index (Phi) is 4.55. The summed E-state index contributed by atoms with van der Waals surface area (Å²) in [4.78, 5) is -0.323. The number of hydrogen-bond acceptors (Lipinski definition) is 4. The minimum absolute atomic E-state index is 0.157. The number of hydrogen-bond donors (Lipinski definition) is 2. The van der Waals surface area contributed by atoms with Crippen LogP contribution >= 0.6 is 0 Å². The van der Waals surface area contributed by atoms with Gasteiger partial charge in [-0.3, -0.25) is 0 Å². The third kappa shape index (κ3) is 3.50. The normalized spacial score (nSPS) is 35.1. The molecule has 0 aliphatic heterocycles. The van der Waals surface area contributed by atoms with E-state index in [0.29, 0.717) is 17.4 Å². The molecule has 0 radical (unpaired) electrons. The SMILES string of the molecule is Cc1ccc(S(=O)(=O)N[C@H]2C[C@H]3C=C[C@H]2C3)c(S(=O)(=O)N[C@H]2C[C@H]3C=C[C@H]2C3)c1. The molecule has 2 N–H and O–H groups in total. The van der Waals surface area contributed by atoms with Crippen LogP contribution in [0.15, 0.2) is 52.3 Å². The maximum atomic E-state index is 13.2. The topological polar surface area (TPSA) is 92.3 Å². The molecular formula is C21H26N2O4S2. The van der Waals surface area contributed by atoms with Gasteiger partial charge in [0, 0.05) is 12.1 Å². The lowest BCUT2D eigenvalue weighted by atomic mass is 10.0. The Morgan fingerprint density at radius 1 is 0.724 bits per heavy atom. The molecule has 0 saturated heterocycles. The first-order valence-corrected chi connectivity index (χ1v) is 13.2. The largest absolute Gasteiger partial charge is 0.242 e. The Hall–Kier alpha value is -1.48. The molecule has 8 heteroatoms. The second kappa shape index (κ2) is 6.77. The van der Waals surface area contributed by atoms with Gasteiger partial charge in [-0.25, -0.2) is 26.3 Å². The average molecular weight is 435 g/mol. The summed E-state index contributed by atoms with van der Waals surface area (Å²) in [6.07, 6.45) is 11.9. The van der Waals surface area contributed by atoms with E-state index >= 15 is 0 Å². The van der Waals surface area contributed by atoms with Crippen LogP contribution < -0.4 is 9.44 Å². The van der Waals surface area contributed by atoms with Crippen LogP contribution in [0.1, 0.15) is 31.2 Å². The van der Waals surface area contributed by atoms with Gasteiger partial charge in [0.05, 0.1) is 0 Å². The molecule has 29 heavy (non-hydrogen) atoms. The summed E-state index contributed by atoms with van der Waals surface area (Å²) in [5.41, 5.74) is 0.708. The Balaban J connectivity index is 1.45. The van der Waals surface area contributed by atoms with Gasteiger partial charge in [-0.05, 0) is 74.0 Å². The molecule has 0 aromatic heterocycles. The van der Waals surface area contributed by atoms with Gasteiger partial charge in [-0.2, -0.15) is 0 Å². The summed E-state index contributed by atoms with van der Waals surface area (Å²) < 4.78 is 58.3. The van der Waals surface area contributed by atoms with Crippen LogP contribution in [0.4, 0.5) is 0 Å². The highest BCUT2D eigenvalue weighted by Crippen LogP contribution is 2.41. The van der Waals surface area contributed by atoms with E-state index in [1.165, 1.54) is 12.1 Å². The summed E-state index contributed by atoms with van der Waals surface area (Å²) in [6, 6.07) is 4.18. The zero-order chi connectivity index (χ0) is 20.4. The van der Waals surface area contributed by atoms with Crippen molar-refractivity contribution < 1.29 is 16.8 Å². The standard InChI is InChI=1S/C21H26N2O4S2/c1-13-2-7-20(28(24,25)22-18-11-14-3-5-16(18)9-14)21(8-13)29(26,27)23-19-12-15-4-6-17(19)10-15/h2-8,14-19,22-23H,9-12H2,1H3/t14-,15-,16-,17-,18-,19-/m0/s1. The van der Waals surface area contributed by atoms with Crippen molar-refractivity contribution >= 4 is 20.0 Å². The van der Waals surface area contributed by atoms with Gasteiger partial charge in [-0.1, -0.05) is 30.4 Å². The summed E-state index contributed by atoms with van der Waals surface area (Å²) in [5, 5.41) is 0. The Morgan fingerprint density at radius 3 is 1.69 bits per heavy atom. The molecule has 4 aliphatic rings. The highest BCUT2D eigenvalue weighted by Gasteiger charge is 2.41. The minimum atomic E-state index is -3.96. The van der Waals surface area contributed by atoms with E-state index in [9.17, 15) is 16.8 Å².